The van der Waals surface area contributed by atoms with Crippen molar-refractivity contribution in [2.24, 2.45) is 5.92 Å². The highest BCUT2D eigenvalue weighted by atomic mass is 32.2. The molecule has 1 amide bonds. The molecule has 1 aliphatic heterocycles. The van der Waals surface area contributed by atoms with Crippen LogP contribution >= 0.6 is 11.8 Å². The zero-order valence-corrected chi connectivity index (χ0v) is 24.3. The van der Waals surface area contributed by atoms with Crippen molar-refractivity contribution >= 4 is 34.8 Å². The largest absolute Gasteiger partial charge is 0.398 e. The van der Waals surface area contributed by atoms with Gasteiger partial charge in [-0.1, -0.05) is 67.6 Å². The van der Waals surface area contributed by atoms with Gasteiger partial charge in [-0.05, 0) is 54.4 Å². The summed E-state index contributed by atoms with van der Waals surface area (Å²) >= 11 is 1.64. The number of aliphatic hydroxyl groups is 1. The maximum absolute atomic E-state index is 13.2. The average molecular weight is 583 g/mol. The van der Waals surface area contributed by atoms with Crippen molar-refractivity contribution < 1.29 is 24.2 Å². The minimum atomic E-state index is -0.712. The molecule has 1 fully saturated rings. The van der Waals surface area contributed by atoms with Gasteiger partial charge in [0.15, 0.2) is 12.1 Å². The Bertz CT molecular complexity index is 1560. The lowest BCUT2D eigenvalue weighted by Gasteiger charge is -2.41. The van der Waals surface area contributed by atoms with Crippen LogP contribution in [0.3, 0.4) is 0 Å². The molecule has 0 saturated carbocycles. The maximum atomic E-state index is 13.2. The molecule has 0 aromatic heterocycles. The smallest absolute Gasteiger partial charge is 0.255 e. The lowest BCUT2D eigenvalue weighted by molar-refractivity contribution is -0.268. The lowest BCUT2D eigenvalue weighted by Crippen LogP contribution is -2.38. The van der Waals surface area contributed by atoms with E-state index in [1.807, 2.05) is 54.6 Å². The van der Waals surface area contributed by atoms with Crippen LogP contribution in [0.1, 0.15) is 63.6 Å². The fourth-order valence-corrected chi connectivity index (χ4v) is 6.07. The number of nitrogens with two attached hydrogens (primary N) is 1. The maximum Gasteiger partial charge on any atom is 0.255 e. The summed E-state index contributed by atoms with van der Waals surface area (Å²) in [5.74, 6) is 0.299. The molecule has 0 spiro atoms. The van der Waals surface area contributed by atoms with Gasteiger partial charge in [-0.2, -0.15) is 0 Å². The van der Waals surface area contributed by atoms with Crippen molar-refractivity contribution in [2.45, 2.75) is 43.8 Å². The molecule has 0 radical (unpaired) electrons. The predicted molar refractivity (Wildman–Crippen MR) is 165 cm³/mol. The van der Waals surface area contributed by atoms with Gasteiger partial charge in [-0.15, -0.1) is 11.8 Å². The Kier molecular flexibility index (Phi) is 9.39. The SMILES string of the molecule is CC(=O)c1cccc(NC(=O)c2cccc(C3OC(CSc4ccccc4N)C(C)C(c4ccc(CO)cc4)O3)c2)c1. The third kappa shape index (κ3) is 6.91. The summed E-state index contributed by atoms with van der Waals surface area (Å²) < 4.78 is 13.1. The number of nitrogen functional groups attached to an aromatic ring is 1. The van der Waals surface area contributed by atoms with Crippen LogP contribution in [0.15, 0.2) is 102 Å². The number of ether oxygens (including phenoxy) is 2. The molecule has 1 aliphatic rings. The zero-order valence-electron chi connectivity index (χ0n) is 23.5. The molecule has 4 atom stereocenters. The van der Waals surface area contributed by atoms with Crippen molar-refractivity contribution in [1.82, 2.24) is 0 Å². The Labute approximate surface area is 250 Å². The third-order valence-electron chi connectivity index (χ3n) is 7.39. The average Bonchev–Trinajstić information content (AvgIpc) is 3.01. The molecule has 4 N–H and O–H groups in total. The molecule has 8 heteroatoms. The second-order valence-corrected chi connectivity index (χ2v) is 11.4. The molecular formula is C34H34N2O5S. The number of anilines is 2. The number of carbonyl (C=O) groups is 2. The first-order chi connectivity index (χ1) is 20.3. The van der Waals surface area contributed by atoms with Crippen LogP contribution in [0.5, 0.6) is 0 Å². The monoisotopic (exact) mass is 582 g/mol. The van der Waals surface area contributed by atoms with E-state index in [9.17, 15) is 14.7 Å². The molecule has 4 aromatic rings. The fourth-order valence-electron chi connectivity index (χ4n) is 4.94. The molecule has 5 rings (SSSR count). The van der Waals surface area contributed by atoms with Crippen molar-refractivity contribution in [3.63, 3.8) is 0 Å². The number of para-hydroxylation sites is 1. The number of carbonyl (C=O) groups excluding carboxylic acids is 2. The van der Waals surface area contributed by atoms with Crippen LogP contribution in [0.2, 0.25) is 0 Å². The Morgan fingerprint density at radius 3 is 2.36 bits per heavy atom. The number of Topliss-reactive ketones (excluding diaryl/α,β-unsaturated/α-hetero) is 1. The van der Waals surface area contributed by atoms with Gasteiger partial charge in [0.25, 0.3) is 5.91 Å². The summed E-state index contributed by atoms with van der Waals surface area (Å²) in [7, 11) is 0. The molecule has 0 aliphatic carbocycles. The van der Waals surface area contributed by atoms with E-state index >= 15 is 0 Å². The summed E-state index contributed by atoms with van der Waals surface area (Å²) in [5, 5.41) is 12.4. The zero-order chi connectivity index (χ0) is 29.6. The van der Waals surface area contributed by atoms with E-state index in [1.54, 1.807) is 54.2 Å². The number of nitrogens with one attached hydrogen (secondary N) is 1. The number of rotatable bonds is 9. The van der Waals surface area contributed by atoms with Gasteiger partial charge in [0.05, 0.1) is 18.8 Å². The first-order valence-corrected chi connectivity index (χ1v) is 14.8. The number of amides is 1. The standard InChI is InChI=1S/C34H34N2O5S/c1-21-30(20-42-31-12-4-3-11-29(31)35)40-34(41-32(21)24-15-13-23(19-37)14-16-24)27-9-5-8-26(17-27)33(39)36-28-10-6-7-25(18-28)22(2)38/h3-18,21,30,32,34,37H,19-20,35H2,1-2H3,(H,36,39). The van der Waals surface area contributed by atoms with Gasteiger partial charge in [0.1, 0.15) is 0 Å². The summed E-state index contributed by atoms with van der Waals surface area (Å²) in [5.41, 5.74) is 11.0. The van der Waals surface area contributed by atoms with E-state index in [2.05, 4.69) is 12.2 Å². The van der Waals surface area contributed by atoms with Crippen LogP contribution in [0.25, 0.3) is 0 Å². The summed E-state index contributed by atoms with van der Waals surface area (Å²) in [6, 6.07) is 29.6. The highest BCUT2D eigenvalue weighted by Crippen LogP contribution is 2.43. The number of thioether (sulfide) groups is 1. The number of ketones is 1. The number of hydrogen-bond acceptors (Lipinski definition) is 7. The second-order valence-electron chi connectivity index (χ2n) is 10.4. The topological polar surface area (TPSA) is 111 Å². The lowest BCUT2D eigenvalue weighted by atomic mass is 9.91. The van der Waals surface area contributed by atoms with E-state index in [1.165, 1.54) is 6.92 Å². The molecule has 7 nitrogen and oxygen atoms in total. The Morgan fingerprint density at radius 2 is 1.62 bits per heavy atom. The van der Waals surface area contributed by atoms with Gasteiger partial charge >= 0.3 is 0 Å². The van der Waals surface area contributed by atoms with E-state index in [0.717, 1.165) is 27.3 Å². The third-order valence-corrected chi connectivity index (χ3v) is 8.57. The van der Waals surface area contributed by atoms with E-state index < -0.39 is 6.29 Å². The molecule has 42 heavy (non-hydrogen) atoms. The van der Waals surface area contributed by atoms with Crippen molar-refractivity contribution in [3.8, 4) is 0 Å². The Morgan fingerprint density at radius 1 is 0.881 bits per heavy atom. The fraction of sp³-hybridized carbons (Fsp3) is 0.235. The normalized spacial score (nSPS) is 20.2. The first kappa shape index (κ1) is 29.5. The number of hydrogen-bond donors (Lipinski definition) is 3. The highest BCUT2D eigenvalue weighted by Gasteiger charge is 2.38. The highest BCUT2D eigenvalue weighted by molar-refractivity contribution is 7.99. The Hall–Kier alpha value is -3.95. The van der Waals surface area contributed by atoms with Crippen LogP contribution in [-0.2, 0) is 16.1 Å². The molecule has 1 heterocycles. The van der Waals surface area contributed by atoms with E-state index in [4.69, 9.17) is 15.2 Å². The number of benzene rings is 4. The van der Waals surface area contributed by atoms with Crippen LogP contribution in [0.4, 0.5) is 11.4 Å². The van der Waals surface area contributed by atoms with Crippen LogP contribution in [-0.4, -0.2) is 28.7 Å². The first-order valence-electron chi connectivity index (χ1n) is 13.8. The molecular weight excluding hydrogens is 548 g/mol. The van der Waals surface area contributed by atoms with Crippen molar-refractivity contribution in [1.29, 1.82) is 0 Å². The molecule has 4 aromatic carbocycles. The molecule has 4 unspecified atom stereocenters. The van der Waals surface area contributed by atoms with Gasteiger partial charge in [-0.3, -0.25) is 9.59 Å². The van der Waals surface area contributed by atoms with E-state index in [-0.39, 0.29) is 36.4 Å². The van der Waals surface area contributed by atoms with Gasteiger partial charge in [0.2, 0.25) is 0 Å². The van der Waals surface area contributed by atoms with Crippen molar-refractivity contribution in [2.75, 3.05) is 16.8 Å². The molecule has 216 valence electrons. The Balaban J connectivity index is 1.39. The predicted octanol–water partition coefficient (Wildman–Crippen LogP) is 6.80. The number of aliphatic hydroxyl groups excluding tert-OH is 1. The van der Waals surface area contributed by atoms with Gasteiger partial charge < -0.3 is 25.6 Å². The minimum absolute atomic E-state index is 0.0127. The van der Waals surface area contributed by atoms with Gasteiger partial charge in [-0.25, -0.2) is 0 Å². The quantitative estimate of drug-likeness (QED) is 0.113. The summed E-state index contributed by atoms with van der Waals surface area (Å²) in [6.07, 6.45) is -1.17. The van der Waals surface area contributed by atoms with Crippen LogP contribution in [0, 0.1) is 5.92 Å². The van der Waals surface area contributed by atoms with Crippen molar-refractivity contribution in [3.05, 3.63) is 125 Å². The minimum Gasteiger partial charge on any atom is -0.398 e. The van der Waals surface area contributed by atoms with Crippen LogP contribution < -0.4 is 11.1 Å². The summed E-state index contributed by atoms with van der Waals surface area (Å²) in [6.45, 7) is 3.57. The summed E-state index contributed by atoms with van der Waals surface area (Å²) in [4.78, 5) is 25.9. The second kappa shape index (κ2) is 13.4. The van der Waals surface area contributed by atoms with Gasteiger partial charge in [0, 0.05) is 44.6 Å². The van der Waals surface area contributed by atoms with E-state index in [0.29, 0.717) is 22.6 Å². The molecule has 1 saturated heterocycles. The molecule has 0 bridgehead atoms.